The maximum Gasteiger partial charge on any atom is 0.610 e. The number of carbonyl (C=O) groups is 2. The Labute approximate surface area is 199 Å². The van der Waals surface area contributed by atoms with Gasteiger partial charge in [0.2, 0.25) is 5.91 Å². The maximum absolute atomic E-state index is 13.3. The highest BCUT2D eigenvalue weighted by Gasteiger charge is 2.46. The van der Waals surface area contributed by atoms with Crippen molar-refractivity contribution in [2.45, 2.75) is 38.7 Å². The number of nitrogens with two attached hydrogens (primary N) is 1. The second-order valence-corrected chi connectivity index (χ2v) is 7.92. The van der Waals surface area contributed by atoms with Gasteiger partial charge in [-0.3, -0.25) is 9.59 Å². The van der Waals surface area contributed by atoms with Crippen molar-refractivity contribution in [2.24, 2.45) is 16.6 Å². The van der Waals surface area contributed by atoms with Crippen LogP contribution >= 0.6 is 0 Å². The molecule has 11 nitrogen and oxygen atoms in total. The molecule has 2 unspecified atom stereocenters. The van der Waals surface area contributed by atoms with Gasteiger partial charge in [-0.15, -0.1) is 0 Å². The van der Waals surface area contributed by atoms with Crippen LogP contribution in [0, 0.1) is 5.92 Å². The third-order valence-electron chi connectivity index (χ3n) is 4.73. The van der Waals surface area contributed by atoms with Gasteiger partial charge in [0.1, 0.15) is 11.7 Å². The molecule has 1 heterocycles. The van der Waals surface area contributed by atoms with Crippen LogP contribution in [0.5, 0.6) is 0 Å². The molecular weight excluding hydrogens is 441 g/mol. The Kier molecular flexibility index (Phi) is 11.0. The number of allylic oxidation sites excluding steroid dienone is 1. The van der Waals surface area contributed by atoms with Crippen molar-refractivity contribution in [1.29, 1.82) is 0 Å². The van der Waals surface area contributed by atoms with Crippen molar-refractivity contribution in [3.63, 3.8) is 0 Å². The van der Waals surface area contributed by atoms with Crippen LogP contribution in [0.1, 0.15) is 25.8 Å². The number of carbonyl (C=O) groups excluding carboxylic acids is 2. The summed E-state index contributed by atoms with van der Waals surface area (Å²) in [5, 5.41) is 24.8. The Balaban J connectivity index is 2.24. The minimum atomic E-state index is -1.72. The SMILES string of the molecule is C=CC=N/C(=C\N)C(=O)NC(Cc1ccccc1)C(=O)NC(CC(C)C)B1OB(O)OB(O)O1. The second kappa shape index (κ2) is 13.7. The Hall–Kier alpha value is -2.90. The molecule has 0 spiro atoms. The number of amides is 2. The maximum atomic E-state index is 13.3. The predicted molar refractivity (Wildman–Crippen MR) is 129 cm³/mol. The summed E-state index contributed by atoms with van der Waals surface area (Å²) < 4.78 is 15.0. The first-order valence-corrected chi connectivity index (χ1v) is 10.8. The fraction of sp³-hybridized carbons (Fsp3) is 0.350. The number of hydrogen-bond acceptors (Lipinski definition) is 9. The standard InChI is InChI=1S/C20H29B3N4O7/c1-4-10-25-17(13-24)20(29)26-16(12-15-8-6-5-7-9-15)19(28)27-18(11-14(2)3)21-32-22(30)34-23(31)33-21/h4-10,13-14,16,18,30-31H,1,11-12,24H2,2-3H3,(H,26,29)(H,27,28)/b17-13-,25-10?. The summed E-state index contributed by atoms with van der Waals surface area (Å²) in [6.07, 6.45) is 4.29. The third-order valence-corrected chi connectivity index (χ3v) is 4.73. The summed E-state index contributed by atoms with van der Waals surface area (Å²) in [6.45, 7) is 7.34. The molecule has 14 heteroatoms. The lowest BCUT2D eigenvalue weighted by Crippen LogP contribution is -2.61. The van der Waals surface area contributed by atoms with E-state index in [1.54, 1.807) is 0 Å². The van der Waals surface area contributed by atoms with Gasteiger partial charge in [-0.2, -0.15) is 0 Å². The molecule has 2 amide bonds. The molecule has 0 bridgehead atoms. The first kappa shape index (κ1) is 27.4. The first-order valence-electron chi connectivity index (χ1n) is 10.8. The van der Waals surface area contributed by atoms with Crippen molar-refractivity contribution < 1.29 is 33.4 Å². The van der Waals surface area contributed by atoms with Crippen molar-refractivity contribution in [1.82, 2.24) is 10.6 Å². The Morgan fingerprint density at radius 2 is 1.79 bits per heavy atom. The normalized spacial score (nSPS) is 16.5. The van der Waals surface area contributed by atoms with Crippen molar-refractivity contribution in [2.75, 3.05) is 0 Å². The zero-order valence-electron chi connectivity index (χ0n) is 19.2. The van der Waals surface area contributed by atoms with Crippen LogP contribution in [0.3, 0.4) is 0 Å². The van der Waals surface area contributed by atoms with Crippen LogP contribution in [-0.4, -0.2) is 61.8 Å². The zero-order valence-corrected chi connectivity index (χ0v) is 19.2. The first-order chi connectivity index (χ1) is 16.2. The van der Waals surface area contributed by atoms with Crippen molar-refractivity contribution in [3.8, 4) is 0 Å². The summed E-state index contributed by atoms with van der Waals surface area (Å²) in [5.74, 6) is -1.85. The smallest absolute Gasteiger partial charge is 0.425 e. The molecular formula is C20H29B3N4O7. The molecule has 0 aliphatic carbocycles. The number of benzene rings is 1. The molecule has 2 rings (SSSR count). The molecule has 1 aromatic rings. The number of hydrogen-bond donors (Lipinski definition) is 5. The van der Waals surface area contributed by atoms with Gasteiger partial charge in [0.05, 0.1) is 5.94 Å². The van der Waals surface area contributed by atoms with Crippen molar-refractivity contribution >= 4 is 39.8 Å². The van der Waals surface area contributed by atoms with E-state index in [4.69, 9.17) is 14.9 Å². The van der Waals surface area contributed by atoms with Gasteiger partial charge in [-0.1, -0.05) is 56.8 Å². The van der Waals surface area contributed by atoms with E-state index < -0.39 is 45.6 Å². The quantitative estimate of drug-likeness (QED) is 0.162. The minimum Gasteiger partial charge on any atom is -0.425 e. The predicted octanol–water partition coefficient (Wildman–Crippen LogP) is -0.653. The molecule has 1 aliphatic heterocycles. The Morgan fingerprint density at radius 1 is 1.15 bits per heavy atom. The molecule has 2 atom stereocenters. The monoisotopic (exact) mass is 470 g/mol. The fourth-order valence-electron chi connectivity index (χ4n) is 3.25. The van der Waals surface area contributed by atoms with E-state index in [9.17, 15) is 19.6 Å². The summed E-state index contributed by atoms with van der Waals surface area (Å²) in [5.41, 5.74) is 6.23. The molecule has 6 N–H and O–H groups in total. The van der Waals surface area contributed by atoms with Crippen LogP contribution in [0.4, 0.5) is 0 Å². The Morgan fingerprint density at radius 3 is 2.35 bits per heavy atom. The average Bonchev–Trinajstić information content (AvgIpc) is 2.78. The topological polar surface area (TPSA) is 165 Å². The summed E-state index contributed by atoms with van der Waals surface area (Å²) >= 11 is 0. The third kappa shape index (κ3) is 8.80. The van der Waals surface area contributed by atoms with Crippen molar-refractivity contribution in [3.05, 3.63) is 60.4 Å². The molecule has 1 aromatic carbocycles. The lowest BCUT2D eigenvalue weighted by atomic mass is 9.69. The molecule has 0 saturated carbocycles. The van der Waals surface area contributed by atoms with Gasteiger partial charge >= 0.3 is 21.8 Å². The van der Waals surface area contributed by atoms with E-state index in [1.165, 1.54) is 12.3 Å². The van der Waals surface area contributed by atoms with E-state index in [0.717, 1.165) is 11.8 Å². The van der Waals surface area contributed by atoms with Gasteiger partial charge in [0.25, 0.3) is 5.91 Å². The molecule has 0 aromatic heterocycles. The lowest BCUT2D eigenvalue weighted by molar-refractivity contribution is -0.127. The van der Waals surface area contributed by atoms with Gasteiger partial charge in [-0.05, 0) is 17.9 Å². The van der Waals surface area contributed by atoms with Crippen LogP contribution in [-0.2, 0) is 29.7 Å². The van der Waals surface area contributed by atoms with Gasteiger partial charge in [-0.25, -0.2) is 4.99 Å². The summed E-state index contributed by atoms with van der Waals surface area (Å²) in [4.78, 5) is 29.9. The van der Waals surface area contributed by atoms with E-state index >= 15 is 0 Å². The van der Waals surface area contributed by atoms with Gasteiger partial charge in [0, 0.05) is 18.8 Å². The minimum absolute atomic E-state index is 0.0909. The fourth-order valence-corrected chi connectivity index (χ4v) is 3.25. The van der Waals surface area contributed by atoms with Crippen LogP contribution in [0.2, 0.25) is 0 Å². The van der Waals surface area contributed by atoms with Gasteiger partial charge < -0.3 is 40.1 Å². The Bertz CT molecular complexity index is 878. The number of nitrogens with one attached hydrogen (secondary N) is 2. The number of rotatable bonds is 11. The highest BCUT2D eigenvalue weighted by molar-refractivity contribution is 6.69. The van der Waals surface area contributed by atoms with Crippen LogP contribution < -0.4 is 16.4 Å². The second-order valence-electron chi connectivity index (χ2n) is 7.92. The molecule has 1 fully saturated rings. The summed E-state index contributed by atoms with van der Waals surface area (Å²) in [7, 11) is -4.63. The zero-order chi connectivity index (χ0) is 25.1. The highest BCUT2D eigenvalue weighted by atomic mass is 16.8. The molecule has 0 radical (unpaired) electrons. The van der Waals surface area contributed by atoms with Gasteiger partial charge in [0.15, 0.2) is 0 Å². The lowest BCUT2D eigenvalue weighted by Gasteiger charge is -2.32. The summed E-state index contributed by atoms with van der Waals surface area (Å²) in [6, 6.07) is 8.12. The molecule has 1 saturated heterocycles. The van der Waals surface area contributed by atoms with Crippen LogP contribution in [0.15, 0.2) is 59.9 Å². The molecule has 180 valence electrons. The van der Waals surface area contributed by atoms with Crippen LogP contribution in [0.25, 0.3) is 0 Å². The number of nitrogens with zero attached hydrogens (tertiary/aromatic N) is 1. The van der Waals surface area contributed by atoms with E-state index in [0.29, 0.717) is 6.42 Å². The van der Waals surface area contributed by atoms with E-state index in [1.807, 2.05) is 44.2 Å². The van der Waals surface area contributed by atoms with E-state index in [-0.39, 0.29) is 18.0 Å². The van der Waals surface area contributed by atoms with E-state index in [2.05, 4.69) is 26.8 Å². The average molecular weight is 470 g/mol. The highest BCUT2D eigenvalue weighted by Crippen LogP contribution is 2.15. The molecule has 1 aliphatic rings. The number of aliphatic imine (C=N–C) groups is 1. The molecule has 34 heavy (non-hydrogen) atoms. The largest absolute Gasteiger partial charge is 0.610 e.